The molecule has 2 aliphatic rings. The van der Waals surface area contributed by atoms with E-state index in [1.165, 1.54) is 16.2 Å². The summed E-state index contributed by atoms with van der Waals surface area (Å²) in [5.41, 5.74) is 1.51. The average molecular weight is 527 g/mol. The maximum atomic E-state index is 13.4. The minimum Gasteiger partial charge on any atom is -0.535 e. The summed E-state index contributed by atoms with van der Waals surface area (Å²) in [4.78, 5) is 64.9. The summed E-state index contributed by atoms with van der Waals surface area (Å²) in [5, 5.41) is 26.2. The Hall–Kier alpha value is -3.71. The Labute approximate surface area is 217 Å². The number of imide groups is 1. The van der Waals surface area contributed by atoms with Crippen LogP contribution in [-0.4, -0.2) is 76.3 Å². The number of nitrogens with zero attached hydrogens (tertiary/aromatic N) is 2. The van der Waals surface area contributed by atoms with Crippen molar-refractivity contribution in [2.75, 3.05) is 19.6 Å². The van der Waals surface area contributed by atoms with Crippen molar-refractivity contribution in [2.45, 2.75) is 38.5 Å². The number of nitrogens with one attached hydrogen (secondary N) is 1. The summed E-state index contributed by atoms with van der Waals surface area (Å²) in [6.45, 7) is 3.92. The highest BCUT2D eigenvalue weighted by Crippen LogP contribution is 2.38. The van der Waals surface area contributed by atoms with E-state index < -0.39 is 48.6 Å². The van der Waals surface area contributed by atoms with Crippen LogP contribution in [0.4, 0.5) is 4.79 Å². The Morgan fingerprint density at radius 2 is 1.97 bits per heavy atom. The molecule has 2 atom stereocenters. The second-order valence-corrected chi connectivity index (χ2v) is 9.75. The predicted octanol–water partition coefficient (Wildman–Crippen LogP) is 1.64. The monoisotopic (exact) mass is 527 g/mol. The fourth-order valence-corrected chi connectivity index (χ4v) is 5.28. The van der Waals surface area contributed by atoms with Crippen LogP contribution in [0.1, 0.15) is 46.4 Å². The van der Waals surface area contributed by atoms with Crippen molar-refractivity contribution in [3.8, 4) is 5.75 Å². The van der Waals surface area contributed by atoms with Crippen LogP contribution >= 0.6 is 11.3 Å². The van der Waals surface area contributed by atoms with E-state index in [0.717, 1.165) is 4.90 Å². The highest BCUT2D eigenvalue weighted by molar-refractivity contribution is 7.08. The Kier molecular flexibility index (Phi) is 7.64. The lowest BCUT2D eigenvalue weighted by molar-refractivity contribution is -0.153. The van der Waals surface area contributed by atoms with Crippen molar-refractivity contribution in [3.05, 3.63) is 51.2 Å². The lowest BCUT2D eigenvalue weighted by atomic mass is 9.64. The smallest absolute Gasteiger partial charge is 0.526 e. The number of aryl methyl sites for hydroxylation is 1. The van der Waals surface area contributed by atoms with Gasteiger partial charge in [-0.25, -0.2) is 9.59 Å². The molecule has 1 aromatic carbocycles. The van der Waals surface area contributed by atoms with Gasteiger partial charge in [0.1, 0.15) is 17.4 Å². The van der Waals surface area contributed by atoms with Gasteiger partial charge in [0, 0.05) is 31.9 Å². The van der Waals surface area contributed by atoms with Gasteiger partial charge in [0.15, 0.2) is 5.78 Å². The van der Waals surface area contributed by atoms with Crippen LogP contribution in [0.25, 0.3) is 0 Å². The lowest BCUT2D eigenvalue weighted by Gasteiger charge is -2.33. The fraction of sp³-hybridized carbons (Fsp3) is 0.375. The van der Waals surface area contributed by atoms with E-state index in [2.05, 4.69) is 5.32 Å². The lowest BCUT2D eigenvalue weighted by Crippen LogP contribution is -2.58. The molecule has 2 aromatic rings. The summed E-state index contributed by atoms with van der Waals surface area (Å²) in [7, 11) is -1.43. The van der Waals surface area contributed by atoms with Crippen LogP contribution in [0.2, 0.25) is 5.82 Å². The zero-order valence-corrected chi connectivity index (χ0v) is 21.1. The number of hydrogen-bond donors (Lipinski definition) is 3. The number of hydrogen-bond acceptors (Lipinski definition) is 8. The van der Waals surface area contributed by atoms with E-state index in [0.29, 0.717) is 23.2 Å². The van der Waals surface area contributed by atoms with Crippen LogP contribution in [0.3, 0.4) is 0 Å². The van der Waals surface area contributed by atoms with Crippen molar-refractivity contribution < 1.29 is 38.8 Å². The molecular formula is C24H26BN3O8S. The van der Waals surface area contributed by atoms with Crippen molar-refractivity contribution in [1.29, 1.82) is 0 Å². The summed E-state index contributed by atoms with van der Waals surface area (Å²) < 4.78 is 5.55. The standard InChI is InChI=1S/C24H26BN3O8S/c1-3-27-7-8-28(22(31)21(27)30)24(34)26-19(15-6-9-37-12-15)17(29)11-16-10-14-5-4-13(2)18(23(32)33)20(14)36-25(16)35/h4-6,9,12,16,19,35H,3,7-8,10-11H2,1-2H3,(H,26,34)(H,32,33)/t16-,19?/m1/s1. The normalized spacial score (nSPS) is 18.2. The van der Waals surface area contributed by atoms with Gasteiger partial charge in [0.25, 0.3) is 0 Å². The largest absolute Gasteiger partial charge is 0.535 e. The minimum absolute atomic E-state index is 0.00604. The summed E-state index contributed by atoms with van der Waals surface area (Å²) in [6.07, 6.45) is 0.00718. The van der Waals surface area contributed by atoms with E-state index in [1.807, 2.05) is 0 Å². The number of thiophene rings is 1. The first kappa shape index (κ1) is 26.4. The number of carboxylic acid groups (broad SMARTS) is 1. The molecule has 4 rings (SSSR count). The molecule has 2 aliphatic heterocycles. The number of rotatable bonds is 7. The molecule has 1 unspecified atom stereocenters. The number of fused-ring (bicyclic) bond motifs is 1. The van der Waals surface area contributed by atoms with E-state index >= 15 is 0 Å². The van der Waals surface area contributed by atoms with Gasteiger partial charge >= 0.3 is 30.9 Å². The molecule has 0 bridgehead atoms. The van der Waals surface area contributed by atoms with Crippen molar-refractivity contribution >= 4 is 48.1 Å². The molecule has 4 amide bonds. The maximum Gasteiger partial charge on any atom is 0.526 e. The van der Waals surface area contributed by atoms with Gasteiger partial charge < -0.3 is 25.0 Å². The Morgan fingerprint density at radius 1 is 1.22 bits per heavy atom. The second kappa shape index (κ2) is 10.7. The number of carbonyl (C=O) groups is 5. The predicted molar refractivity (Wildman–Crippen MR) is 133 cm³/mol. The summed E-state index contributed by atoms with van der Waals surface area (Å²) in [5.74, 6) is -3.96. The molecule has 11 nitrogen and oxygen atoms in total. The number of likely N-dealkylation sites (N-methyl/N-ethyl adjacent to an activating group) is 1. The first-order valence-corrected chi connectivity index (χ1v) is 12.7. The SMILES string of the molecule is CCN1CCN(C(=O)NC(C(=O)C[C@H]2Cc3ccc(C)c(C(=O)O)c3OB2O)c2ccsc2)C(=O)C1=O. The fourth-order valence-electron chi connectivity index (χ4n) is 4.60. The number of carbonyl (C=O) groups excluding carboxylic acids is 4. The average Bonchev–Trinajstić information content (AvgIpc) is 3.39. The molecule has 3 heterocycles. The molecule has 0 aliphatic carbocycles. The molecule has 1 aromatic heterocycles. The quantitative estimate of drug-likeness (QED) is 0.363. The van der Waals surface area contributed by atoms with Gasteiger partial charge in [-0.05, 0) is 53.8 Å². The maximum absolute atomic E-state index is 13.4. The molecule has 0 radical (unpaired) electrons. The Balaban J connectivity index is 1.51. The number of carboxylic acids is 1. The third-order valence-corrected chi connectivity index (χ3v) is 7.35. The Bertz CT molecular complexity index is 1250. The van der Waals surface area contributed by atoms with Gasteiger partial charge in [-0.15, -0.1) is 0 Å². The van der Waals surface area contributed by atoms with Crippen LogP contribution < -0.4 is 9.97 Å². The third-order valence-electron chi connectivity index (χ3n) is 6.65. The van der Waals surface area contributed by atoms with Crippen molar-refractivity contribution in [3.63, 3.8) is 0 Å². The zero-order valence-electron chi connectivity index (χ0n) is 20.3. The first-order valence-electron chi connectivity index (χ1n) is 11.8. The number of benzene rings is 1. The van der Waals surface area contributed by atoms with Gasteiger partial charge in [-0.2, -0.15) is 11.3 Å². The van der Waals surface area contributed by atoms with E-state index in [4.69, 9.17) is 4.65 Å². The van der Waals surface area contributed by atoms with Crippen LogP contribution in [0, 0.1) is 6.92 Å². The summed E-state index contributed by atoms with van der Waals surface area (Å²) in [6, 6.07) is 3.04. The van der Waals surface area contributed by atoms with Crippen LogP contribution in [0.15, 0.2) is 29.0 Å². The zero-order chi connectivity index (χ0) is 26.9. The van der Waals surface area contributed by atoms with Crippen molar-refractivity contribution in [2.24, 2.45) is 0 Å². The van der Waals surface area contributed by atoms with Crippen LogP contribution in [-0.2, 0) is 20.8 Å². The van der Waals surface area contributed by atoms with Gasteiger partial charge in [-0.3, -0.25) is 19.3 Å². The second-order valence-electron chi connectivity index (χ2n) is 8.97. The van der Waals surface area contributed by atoms with E-state index in [9.17, 15) is 34.1 Å². The molecule has 1 fully saturated rings. The number of urea groups is 1. The molecule has 0 spiro atoms. The van der Waals surface area contributed by atoms with Gasteiger partial charge in [0.05, 0.1) is 0 Å². The highest BCUT2D eigenvalue weighted by Gasteiger charge is 2.41. The first-order chi connectivity index (χ1) is 17.6. The molecule has 3 N–H and O–H groups in total. The molecule has 0 saturated carbocycles. The summed E-state index contributed by atoms with van der Waals surface area (Å²) >= 11 is 1.32. The number of piperazine rings is 1. The third kappa shape index (κ3) is 5.23. The molecule has 194 valence electrons. The minimum atomic E-state index is -1.43. The van der Waals surface area contributed by atoms with Gasteiger partial charge in [0.2, 0.25) is 0 Å². The van der Waals surface area contributed by atoms with E-state index in [-0.39, 0.29) is 37.2 Å². The Morgan fingerprint density at radius 3 is 2.62 bits per heavy atom. The van der Waals surface area contributed by atoms with Gasteiger partial charge in [-0.1, -0.05) is 12.1 Å². The number of ketones is 1. The topological polar surface area (TPSA) is 154 Å². The number of Topliss-reactive ketones (excluding diaryl/α,β-unsaturated/α-hetero) is 1. The van der Waals surface area contributed by atoms with Crippen molar-refractivity contribution in [1.82, 2.24) is 15.1 Å². The molecular weight excluding hydrogens is 501 g/mol. The molecule has 1 saturated heterocycles. The number of amides is 4. The van der Waals surface area contributed by atoms with E-state index in [1.54, 1.807) is 42.8 Å². The highest BCUT2D eigenvalue weighted by atomic mass is 32.1. The molecule has 37 heavy (non-hydrogen) atoms. The van der Waals surface area contributed by atoms with Crippen LogP contribution in [0.5, 0.6) is 5.75 Å². The molecule has 13 heteroatoms. The number of aromatic carboxylic acids is 1.